The topological polar surface area (TPSA) is 45.0 Å². The number of amides is 1. The van der Waals surface area contributed by atoms with Gasteiger partial charge in [0, 0.05) is 28.4 Å². The van der Waals surface area contributed by atoms with E-state index in [4.69, 9.17) is 4.99 Å². The number of carbonyl (C=O) groups excluding carboxylic acids is 1. The third-order valence-electron chi connectivity index (χ3n) is 5.23. The van der Waals surface area contributed by atoms with Crippen molar-refractivity contribution in [1.29, 1.82) is 0 Å². The number of rotatable bonds is 2. The van der Waals surface area contributed by atoms with Crippen LogP contribution in [0.3, 0.4) is 0 Å². The summed E-state index contributed by atoms with van der Waals surface area (Å²) in [6.07, 6.45) is 5.85. The summed E-state index contributed by atoms with van der Waals surface area (Å²) in [6, 6.07) is 25.6. The van der Waals surface area contributed by atoms with Crippen molar-refractivity contribution >= 4 is 33.5 Å². The zero-order valence-electron chi connectivity index (χ0n) is 16.6. The van der Waals surface area contributed by atoms with Gasteiger partial charge in [-0.15, -0.1) is 0 Å². The molecule has 2 aliphatic heterocycles. The first-order valence-corrected chi connectivity index (χ1v) is 10.7. The molecule has 0 radical (unpaired) electrons. The van der Waals surface area contributed by atoms with Gasteiger partial charge in [-0.05, 0) is 56.9 Å². The van der Waals surface area contributed by atoms with Crippen molar-refractivity contribution in [3.05, 3.63) is 118 Å². The maximum atomic E-state index is 13.0. The van der Waals surface area contributed by atoms with Gasteiger partial charge >= 0.3 is 0 Å². The Morgan fingerprint density at radius 2 is 1.58 bits per heavy atom. The molecular formula is C26H18BrN3O. The second-order valence-corrected chi connectivity index (χ2v) is 8.20. The van der Waals surface area contributed by atoms with E-state index in [0.29, 0.717) is 17.9 Å². The summed E-state index contributed by atoms with van der Waals surface area (Å²) in [6.45, 7) is 0.660. The largest absolute Gasteiger partial charge is 0.327 e. The number of allylic oxidation sites excluding steroid dienone is 2. The van der Waals surface area contributed by atoms with Gasteiger partial charge in [0.05, 0.1) is 0 Å². The van der Waals surface area contributed by atoms with Crippen LogP contribution in [0.15, 0.2) is 112 Å². The number of nitrogens with zero attached hydrogens (tertiary/aromatic N) is 3. The van der Waals surface area contributed by atoms with Gasteiger partial charge in [-0.1, -0.05) is 66.7 Å². The lowest BCUT2D eigenvalue weighted by Crippen LogP contribution is -2.24. The summed E-state index contributed by atoms with van der Waals surface area (Å²) in [5.41, 5.74) is 4.65. The molecule has 31 heavy (non-hydrogen) atoms. The van der Waals surface area contributed by atoms with Crippen LogP contribution in [0.4, 0.5) is 0 Å². The molecule has 0 bridgehead atoms. The van der Waals surface area contributed by atoms with E-state index in [2.05, 4.69) is 20.9 Å². The minimum atomic E-state index is -0.307. The van der Waals surface area contributed by atoms with Crippen LogP contribution in [-0.4, -0.2) is 22.5 Å². The number of benzene rings is 3. The van der Waals surface area contributed by atoms with Crippen LogP contribution in [0.5, 0.6) is 0 Å². The number of hydrogen-bond donors (Lipinski definition) is 0. The Labute approximate surface area is 189 Å². The Balaban J connectivity index is 1.51. The standard InChI is InChI=1S/C26H18BrN3O/c27-22-14-15-24-28-25(23-9-5-4-8-21(23)16-30(24)17-22)29-26(31)20-12-10-19(11-13-20)18-6-2-1-3-7-18/h1-15,17H,16H2. The molecule has 0 fully saturated rings. The molecule has 0 aromatic heterocycles. The van der Waals surface area contributed by atoms with Gasteiger partial charge < -0.3 is 4.90 Å². The summed E-state index contributed by atoms with van der Waals surface area (Å²) in [5.74, 6) is 0.880. The molecule has 5 heteroatoms. The minimum absolute atomic E-state index is 0.307. The van der Waals surface area contributed by atoms with Crippen LogP contribution in [0.2, 0.25) is 0 Å². The van der Waals surface area contributed by atoms with Crippen molar-refractivity contribution in [3.8, 4) is 11.1 Å². The average Bonchev–Trinajstić information content (AvgIpc) is 2.96. The van der Waals surface area contributed by atoms with E-state index in [0.717, 1.165) is 32.6 Å². The van der Waals surface area contributed by atoms with Gasteiger partial charge in [-0.3, -0.25) is 4.79 Å². The van der Waals surface area contributed by atoms with E-state index < -0.39 is 0 Å². The first-order valence-electron chi connectivity index (χ1n) is 9.95. The lowest BCUT2D eigenvalue weighted by molar-refractivity contribution is 0.100. The number of amidine groups is 2. The highest BCUT2D eigenvalue weighted by atomic mass is 79.9. The van der Waals surface area contributed by atoms with E-state index in [1.54, 1.807) is 0 Å². The fraction of sp³-hybridized carbons (Fsp3) is 0.0385. The van der Waals surface area contributed by atoms with Crippen molar-refractivity contribution in [1.82, 2.24) is 4.90 Å². The summed E-state index contributed by atoms with van der Waals surface area (Å²) in [4.78, 5) is 24.2. The molecule has 2 heterocycles. The third-order valence-corrected chi connectivity index (χ3v) is 5.70. The molecule has 3 aromatic rings. The Morgan fingerprint density at radius 1 is 0.871 bits per heavy atom. The fourth-order valence-electron chi connectivity index (χ4n) is 3.65. The van der Waals surface area contributed by atoms with E-state index >= 15 is 0 Å². The predicted molar refractivity (Wildman–Crippen MR) is 128 cm³/mol. The molecule has 5 rings (SSSR count). The Hall–Kier alpha value is -3.57. The zero-order chi connectivity index (χ0) is 21.2. The monoisotopic (exact) mass is 467 g/mol. The number of aliphatic imine (C=N–C) groups is 2. The number of hydrogen-bond acceptors (Lipinski definition) is 2. The molecule has 1 amide bonds. The Morgan fingerprint density at radius 3 is 2.39 bits per heavy atom. The summed E-state index contributed by atoms with van der Waals surface area (Å²) < 4.78 is 0.971. The molecule has 0 spiro atoms. The van der Waals surface area contributed by atoms with E-state index in [-0.39, 0.29) is 5.91 Å². The normalized spacial score (nSPS) is 16.2. The first-order chi connectivity index (χ1) is 15.2. The Kier molecular flexibility index (Phi) is 5.18. The van der Waals surface area contributed by atoms with E-state index in [9.17, 15) is 4.79 Å². The van der Waals surface area contributed by atoms with Crippen LogP contribution in [0.25, 0.3) is 11.1 Å². The van der Waals surface area contributed by atoms with Gasteiger partial charge in [0.25, 0.3) is 5.91 Å². The quantitative estimate of drug-likeness (QED) is 0.466. The molecule has 0 unspecified atom stereocenters. The number of halogens is 1. The highest BCUT2D eigenvalue weighted by molar-refractivity contribution is 9.11. The maximum absolute atomic E-state index is 13.0. The van der Waals surface area contributed by atoms with Gasteiger partial charge in [0.1, 0.15) is 5.84 Å². The van der Waals surface area contributed by atoms with Crippen LogP contribution in [0, 0.1) is 0 Å². The predicted octanol–water partition coefficient (Wildman–Crippen LogP) is 5.96. The molecule has 0 saturated carbocycles. The summed E-state index contributed by atoms with van der Waals surface area (Å²) >= 11 is 3.52. The SMILES string of the molecule is O=C(N=C1N=C2C=CC(Br)=CN2Cc2ccccc21)c1ccc(-c2ccccc2)cc1. The van der Waals surface area contributed by atoms with Crippen LogP contribution in [-0.2, 0) is 6.54 Å². The van der Waals surface area contributed by atoms with Crippen LogP contribution in [0.1, 0.15) is 21.5 Å². The van der Waals surface area contributed by atoms with E-state index in [1.807, 2.05) is 102 Å². The van der Waals surface area contributed by atoms with Gasteiger partial charge in [0.15, 0.2) is 5.84 Å². The van der Waals surface area contributed by atoms with Crippen LogP contribution < -0.4 is 0 Å². The molecule has 0 aliphatic carbocycles. The summed E-state index contributed by atoms with van der Waals surface area (Å²) in [7, 11) is 0. The second-order valence-electron chi connectivity index (χ2n) is 7.29. The molecule has 0 saturated heterocycles. The third kappa shape index (κ3) is 4.05. The van der Waals surface area contributed by atoms with Gasteiger partial charge in [-0.25, -0.2) is 4.99 Å². The van der Waals surface area contributed by atoms with E-state index in [1.165, 1.54) is 0 Å². The van der Waals surface area contributed by atoms with Crippen LogP contribution >= 0.6 is 15.9 Å². The lowest BCUT2D eigenvalue weighted by atomic mass is 10.0. The van der Waals surface area contributed by atoms with Crippen molar-refractivity contribution in [3.63, 3.8) is 0 Å². The van der Waals surface area contributed by atoms with Gasteiger partial charge in [-0.2, -0.15) is 4.99 Å². The maximum Gasteiger partial charge on any atom is 0.279 e. The minimum Gasteiger partial charge on any atom is -0.327 e. The number of fused-ring (bicyclic) bond motifs is 2. The second kappa shape index (κ2) is 8.28. The fourth-order valence-corrected chi connectivity index (χ4v) is 4.03. The highest BCUT2D eigenvalue weighted by Crippen LogP contribution is 2.24. The van der Waals surface area contributed by atoms with Crippen molar-refractivity contribution in [2.75, 3.05) is 0 Å². The average molecular weight is 468 g/mol. The molecule has 4 nitrogen and oxygen atoms in total. The molecule has 3 aromatic carbocycles. The molecule has 150 valence electrons. The van der Waals surface area contributed by atoms with Gasteiger partial charge in [0.2, 0.25) is 0 Å². The van der Waals surface area contributed by atoms with Crippen molar-refractivity contribution in [2.24, 2.45) is 9.98 Å². The smallest absolute Gasteiger partial charge is 0.279 e. The Bertz CT molecular complexity index is 1270. The lowest BCUT2D eigenvalue weighted by Gasteiger charge is -2.21. The summed E-state index contributed by atoms with van der Waals surface area (Å²) in [5, 5.41) is 0. The molecule has 0 N–H and O–H groups in total. The molecule has 0 atom stereocenters. The van der Waals surface area contributed by atoms with Crippen molar-refractivity contribution in [2.45, 2.75) is 6.54 Å². The highest BCUT2D eigenvalue weighted by Gasteiger charge is 2.21. The number of carbonyl (C=O) groups is 1. The van der Waals surface area contributed by atoms with Crippen molar-refractivity contribution < 1.29 is 4.79 Å². The first kappa shape index (κ1) is 19.4. The zero-order valence-corrected chi connectivity index (χ0v) is 18.2. The molecular weight excluding hydrogens is 450 g/mol. The molecule has 2 aliphatic rings.